The summed E-state index contributed by atoms with van der Waals surface area (Å²) in [7, 11) is -2.73. The van der Waals surface area contributed by atoms with Gasteiger partial charge in [0.1, 0.15) is 0 Å². The van der Waals surface area contributed by atoms with E-state index in [1.165, 1.54) is 4.90 Å². The third kappa shape index (κ3) is 3.99. The maximum absolute atomic E-state index is 12.9. The predicted octanol–water partition coefficient (Wildman–Crippen LogP) is 4.81. The van der Waals surface area contributed by atoms with Gasteiger partial charge in [-0.3, -0.25) is 4.90 Å². The molecule has 0 atom stereocenters. The van der Waals surface area contributed by atoms with Gasteiger partial charge in [-0.05, 0) is 54.2 Å². The number of carbonyl (C=O) groups is 1. The first-order valence-corrected chi connectivity index (χ1v) is 11.5. The lowest BCUT2D eigenvalue weighted by atomic mass is 9.86. The molecule has 3 rings (SSSR count). The molecule has 0 saturated heterocycles. The maximum Gasteiger partial charge on any atom is 0.411 e. The Kier molecular flexibility index (Phi) is 5.03. The van der Waals surface area contributed by atoms with Gasteiger partial charge in [-0.1, -0.05) is 38.5 Å². The molecule has 0 saturated carbocycles. The molecule has 1 aliphatic rings. The molecule has 7 heteroatoms. The van der Waals surface area contributed by atoms with Crippen LogP contribution in [-0.2, 0) is 20.7 Å². The fraction of sp³-hybridized carbons (Fsp3) is 0.350. The molecule has 27 heavy (non-hydrogen) atoms. The van der Waals surface area contributed by atoms with Crippen LogP contribution in [0.2, 0.25) is 0 Å². The average molecular weight is 406 g/mol. The van der Waals surface area contributed by atoms with Gasteiger partial charge < -0.3 is 5.11 Å². The smallest absolute Gasteiger partial charge is 0.411 e. The molecule has 0 unspecified atom stereocenters. The van der Waals surface area contributed by atoms with Gasteiger partial charge in [0.25, 0.3) is 0 Å². The average Bonchev–Trinajstić information content (AvgIpc) is 2.96. The first-order chi connectivity index (χ1) is 12.5. The lowest BCUT2D eigenvalue weighted by Crippen LogP contribution is -2.27. The van der Waals surface area contributed by atoms with Crippen molar-refractivity contribution in [1.82, 2.24) is 0 Å². The van der Waals surface area contributed by atoms with E-state index in [1.54, 1.807) is 24.3 Å². The SMILES string of the molecule is Cc1ccc(S(=O)(=O)Sc2cc3c(cc2C(C)(C)C)N(C(=O)O)CC3)cc1. The molecule has 1 amide bonds. The largest absolute Gasteiger partial charge is 0.465 e. The van der Waals surface area contributed by atoms with Crippen LogP contribution in [0.3, 0.4) is 0 Å². The Balaban J connectivity index is 2.07. The van der Waals surface area contributed by atoms with Crippen LogP contribution >= 0.6 is 10.8 Å². The number of hydrogen-bond acceptors (Lipinski definition) is 4. The number of benzene rings is 2. The van der Waals surface area contributed by atoms with Crippen molar-refractivity contribution >= 4 is 31.4 Å². The van der Waals surface area contributed by atoms with Crippen LogP contribution in [0.15, 0.2) is 46.2 Å². The Morgan fingerprint density at radius 2 is 1.78 bits per heavy atom. The normalized spacial score (nSPS) is 14.3. The van der Waals surface area contributed by atoms with E-state index in [0.29, 0.717) is 23.5 Å². The van der Waals surface area contributed by atoms with Gasteiger partial charge in [-0.2, -0.15) is 0 Å². The molecule has 0 spiro atoms. The molecule has 1 N–H and O–H groups in total. The van der Waals surface area contributed by atoms with Gasteiger partial charge >= 0.3 is 6.09 Å². The molecule has 0 aromatic heterocycles. The van der Waals surface area contributed by atoms with E-state index in [4.69, 9.17) is 0 Å². The molecule has 0 aliphatic carbocycles. The van der Waals surface area contributed by atoms with Gasteiger partial charge in [0.05, 0.1) is 10.6 Å². The van der Waals surface area contributed by atoms with Gasteiger partial charge in [-0.25, -0.2) is 13.2 Å². The lowest BCUT2D eigenvalue weighted by molar-refractivity contribution is 0.202. The minimum absolute atomic E-state index is 0.269. The summed E-state index contributed by atoms with van der Waals surface area (Å²) in [5.74, 6) is 0. The minimum Gasteiger partial charge on any atom is -0.465 e. The summed E-state index contributed by atoms with van der Waals surface area (Å²) in [4.78, 5) is 13.7. The van der Waals surface area contributed by atoms with Crippen LogP contribution in [0.4, 0.5) is 10.5 Å². The number of hydrogen-bond donors (Lipinski definition) is 1. The highest BCUT2D eigenvalue weighted by molar-refractivity contribution is 8.72. The zero-order valence-corrected chi connectivity index (χ0v) is 17.4. The molecule has 144 valence electrons. The van der Waals surface area contributed by atoms with Crippen molar-refractivity contribution < 1.29 is 18.3 Å². The summed E-state index contributed by atoms with van der Waals surface area (Å²) < 4.78 is 25.8. The van der Waals surface area contributed by atoms with E-state index in [0.717, 1.165) is 27.5 Å². The second-order valence-corrected chi connectivity index (χ2v) is 11.6. The molecule has 0 radical (unpaired) electrons. The molecule has 0 fully saturated rings. The molecule has 5 nitrogen and oxygen atoms in total. The van der Waals surface area contributed by atoms with E-state index in [1.807, 2.05) is 39.8 Å². The lowest BCUT2D eigenvalue weighted by Gasteiger charge is -2.25. The fourth-order valence-corrected chi connectivity index (χ4v) is 6.33. The van der Waals surface area contributed by atoms with Crippen LogP contribution in [0, 0.1) is 6.92 Å². The minimum atomic E-state index is -3.57. The third-order valence-electron chi connectivity index (χ3n) is 4.62. The third-order valence-corrected chi connectivity index (χ3v) is 7.98. The van der Waals surface area contributed by atoms with Crippen molar-refractivity contribution in [2.45, 2.75) is 49.3 Å². The first-order valence-electron chi connectivity index (χ1n) is 8.68. The van der Waals surface area contributed by atoms with Crippen LogP contribution in [0.25, 0.3) is 0 Å². The number of aryl methyl sites for hydroxylation is 1. The summed E-state index contributed by atoms with van der Waals surface area (Å²) in [5.41, 5.74) is 3.03. The number of fused-ring (bicyclic) bond motifs is 1. The van der Waals surface area contributed by atoms with Crippen LogP contribution < -0.4 is 4.90 Å². The first kappa shape index (κ1) is 19.8. The summed E-state index contributed by atoms with van der Waals surface area (Å²) in [6, 6.07) is 10.5. The topological polar surface area (TPSA) is 74.7 Å². The van der Waals surface area contributed by atoms with E-state index in [9.17, 15) is 18.3 Å². The zero-order valence-electron chi connectivity index (χ0n) is 15.8. The van der Waals surface area contributed by atoms with E-state index in [-0.39, 0.29) is 10.3 Å². The van der Waals surface area contributed by atoms with Crippen LogP contribution in [0.5, 0.6) is 0 Å². The highest BCUT2D eigenvalue weighted by Gasteiger charge is 2.30. The van der Waals surface area contributed by atoms with Gasteiger partial charge in [0.2, 0.25) is 8.87 Å². The van der Waals surface area contributed by atoms with Crippen molar-refractivity contribution in [2.75, 3.05) is 11.4 Å². The highest BCUT2D eigenvalue weighted by Crippen LogP contribution is 2.43. The summed E-state index contributed by atoms with van der Waals surface area (Å²) in [5, 5.41) is 9.41. The number of nitrogens with zero attached hydrogens (tertiary/aromatic N) is 1. The number of anilines is 1. The summed E-state index contributed by atoms with van der Waals surface area (Å²) >= 11 is 0. The molecule has 1 heterocycles. The van der Waals surface area contributed by atoms with E-state index < -0.39 is 15.0 Å². The van der Waals surface area contributed by atoms with Crippen molar-refractivity contribution in [3.8, 4) is 0 Å². The predicted molar refractivity (Wildman–Crippen MR) is 108 cm³/mol. The fourth-order valence-electron chi connectivity index (χ4n) is 3.14. The quantitative estimate of drug-likeness (QED) is 0.742. The molecule has 1 aliphatic heterocycles. The summed E-state index contributed by atoms with van der Waals surface area (Å²) in [6.07, 6.45) is -0.397. The molecular weight excluding hydrogens is 382 g/mol. The standard InChI is InChI=1S/C20H23NO4S2/c1-13-5-7-15(8-6-13)27(24,25)26-18-11-14-9-10-21(19(22)23)17(14)12-16(18)20(2,3)4/h5-8,11-12H,9-10H2,1-4H3,(H,22,23). The van der Waals surface area contributed by atoms with Gasteiger partial charge in [-0.15, -0.1) is 0 Å². The van der Waals surface area contributed by atoms with Crippen LogP contribution in [0.1, 0.15) is 37.5 Å². The molecule has 2 aromatic carbocycles. The molecular formula is C20H23NO4S2. The van der Waals surface area contributed by atoms with E-state index >= 15 is 0 Å². The van der Waals surface area contributed by atoms with Gasteiger partial charge in [0, 0.05) is 22.2 Å². The molecule has 2 aromatic rings. The number of carboxylic acid groups (broad SMARTS) is 1. The maximum atomic E-state index is 12.9. The van der Waals surface area contributed by atoms with Crippen LogP contribution in [-0.4, -0.2) is 26.2 Å². The monoisotopic (exact) mass is 405 g/mol. The van der Waals surface area contributed by atoms with Crippen molar-refractivity contribution in [1.29, 1.82) is 0 Å². The Bertz CT molecular complexity index is 990. The number of amides is 1. The Morgan fingerprint density at radius 3 is 2.33 bits per heavy atom. The Morgan fingerprint density at radius 1 is 1.15 bits per heavy atom. The second-order valence-electron chi connectivity index (χ2n) is 7.76. The van der Waals surface area contributed by atoms with Crippen molar-refractivity contribution in [2.24, 2.45) is 0 Å². The van der Waals surface area contributed by atoms with E-state index in [2.05, 4.69) is 0 Å². The Labute approximate surface area is 163 Å². The van der Waals surface area contributed by atoms with Crippen molar-refractivity contribution in [3.63, 3.8) is 0 Å². The Hall–Kier alpha value is -1.99. The zero-order chi connectivity index (χ0) is 20.0. The highest BCUT2D eigenvalue weighted by atomic mass is 33.1. The van der Waals surface area contributed by atoms with Crippen molar-refractivity contribution in [3.05, 3.63) is 53.1 Å². The summed E-state index contributed by atoms with van der Waals surface area (Å²) in [6.45, 7) is 8.30. The van der Waals surface area contributed by atoms with Gasteiger partial charge in [0.15, 0.2) is 0 Å². The second kappa shape index (κ2) is 6.87. The number of rotatable bonds is 3. The molecule has 0 bridgehead atoms.